The molecule has 0 atom stereocenters. The second-order valence-electron chi connectivity index (χ2n) is 7.35. The average Bonchev–Trinajstić information content (AvgIpc) is 2.75. The summed E-state index contributed by atoms with van der Waals surface area (Å²) in [5.74, 6) is 0.236. The Balaban J connectivity index is 0.000000167. The number of carbonyl (C=O) groups excluding carboxylic acids is 1. The molecule has 0 unspecified atom stereocenters. The summed E-state index contributed by atoms with van der Waals surface area (Å²) in [6.45, 7) is 6.68. The Kier molecular flexibility index (Phi) is 8.73. The summed E-state index contributed by atoms with van der Waals surface area (Å²) >= 11 is 0. The van der Waals surface area contributed by atoms with Crippen LogP contribution in [0.3, 0.4) is 0 Å². The molecule has 0 radical (unpaired) electrons. The van der Waals surface area contributed by atoms with E-state index in [0.29, 0.717) is 17.9 Å². The number of nitrogens with two attached hydrogens (primary N) is 3. The van der Waals surface area contributed by atoms with Crippen molar-refractivity contribution in [1.29, 1.82) is 0 Å². The number of hydrogen-bond acceptors (Lipinski definition) is 4. The smallest absolute Gasteiger partial charge is 0.248 e. The summed E-state index contributed by atoms with van der Waals surface area (Å²) in [6, 6.07) is 23.6. The first kappa shape index (κ1) is 23.6. The molecule has 0 bridgehead atoms. The van der Waals surface area contributed by atoms with E-state index in [1.165, 1.54) is 16.7 Å². The van der Waals surface area contributed by atoms with Crippen LogP contribution < -0.4 is 17.2 Å². The topological polar surface area (TPSA) is 108 Å². The molecular weight excluding hydrogens is 384 g/mol. The fraction of sp³-hybridized carbons (Fsp3) is 0.154. The van der Waals surface area contributed by atoms with Gasteiger partial charge in [0.25, 0.3) is 0 Å². The summed E-state index contributed by atoms with van der Waals surface area (Å²) in [6.07, 6.45) is 1.73. The lowest BCUT2D eigenvalue weighted by Gasteiger charge is -2.00. The highest BCUT2D eigenvalue weighted by molar-refractivity contribution is 5.93. The van der Waals surface area contributed by atoms with Gasteiger partial charge in [-0.25, -0.2) is 4.98 Å². The van der Waals surface area contributed by atoms with Crippen molar-refractivity contribution in [2.24, 2.45) is 11.5 Å². The largest absolute Gasteiger partial charge is 0.383 e. The van der Waals surface area contributed by atoms with Crippen LogP contribution in [0.1, 0.15) is 32.6 Å². The van der Waals surface area contributed by atoms with Crippen LogP contribution >= 0.6 is 0 Å². The van der Waals surface area contributed by atoms with E-state index < -0.39 is 0 Å². The minimum Gasteiger partial charge on any atom is -0.383 e. The van der Waals surface area contributed by atoms with Crippen LogP contribution in [0.25, 0.3) is 10.8 Å². The monoisotopic (exact) mass is 414 g/mol. The van der Waals surface area contributed by atoms with Gasteiger partial charge in [0.2, 0.25) is 5.91 Å². The number of carbonyl (C=O) groups is 1. The fourth-order valence-electron chi connectivity index (χ4n) is 2.94. The highest BCUT2D eigenvalue weighted by atomic mass is 16.1. The molecule has 0 spiro atoms. The van der Waals surface area contributed by atoms with Crippen molar-refractivity contribution in [3.05, 3.63) is 107 Å². The lowest BCUT2D eigenvalue weighted by Crippen LogP contribution is -2.10. The van der Waals surface area contributed by atoms with Crippen LogP contribution in [0.15, 0.2) is 79.0 Å². The second-order valence-corrected chi connectivity index (χ2v) is 7.35. The highest BCUT2D eigenvalue weighted by Crippen LogP contribution is 2.19. The third-order valence-electron chi connectivity index (χ3n) is 4.57. The van der Waals surface area contributed by atoms with E-state index in [0.717, 1.165) is 16.3 Å². The molecule has 1 aromatic heterocycles. The van der Waals surface area contributed by atoms with Gasteiger partial charge >= 0.3 is 0 Å². The van der Waals surface area contributed by atoms with E-state index >= 15 is 0 Å². The Hall–Kier alpha value is -3.70. The molecule has 0 saturated carbocycles. The molecule has 4 rings (SSSR count). The van der Waals surface area contributed by atoms with E-state index in [2.05, 4.69) is 42.2 Å². The first-order chi connectivity index (χ1) is 14.8. The van der Waals surface area contributed by atoms with Gasteiger partial charge in [-0.05, 0) is 56.0 Å². The second kappa shape index (κ2) is 11.5. The highest BCUT2D eigenvalue weighted by Gasteiger charge is 1.97. The molecule has 0 fully saturated rings. The van der Waals surface area contributed by atoms with Gasteiger partial charge in [0, 0.05) is 23.7 Å². The number of pyridine rings is 1. The predicted octanol–water partition coefficient (Wildman–Crippen LogP) is 4.67. The molecule has 5 nitrogen and oxygen atoms in total. The van der Waals surface area contributed by atoms with Gasteiger partial charge in [-0.2, -0.15) is 0 Å². The van der Waals surface area contributed by atoms with Crippen molar-refractivity contribution >= 4 is 22.5 Å². The number of hydrogen-bond donors (Lipinski definition) is 3. The van der Waals surface area contributed by atoms with E-state index in [9.17, 15) is 4.79 Å². The molecule has 6 N–H and O–H groups in total. The van der Waals surface area contributed by atoms with Crippen molar-refractivity contribution in [3.8, 4) is 0 Å². The first-order valence-corrected chi connectivity index (χ1v) is 10.0. The number of nitrogens with zero attached hydrogens (tertiary/aromatic N) is 1. The number of fused-ring (bicyclic) bond motifs is 1. The van der Waals surface area contributed by atoms with E-state index in [-0.39, 0.29) is 5.91 Å². The lowest BCUT2D eigenvalue weighted by atomic mass is 10.1. The van der Waals surface area contributed by atoms with Crippen molar-refractivity contribution in [2.45, 2.75) is 27.3 Å². The van der Waals surface area contributed by atoms with E-state index in [4.69, 9.17) is 17.2 Å². The molecule has 1 amide bonds. The Labute approximate surface area is 183 Å². The molecule has 0 aliphatic rings. The maximum Gasteiger partial charge on any atom is 0.248 e. The summed E-state index contributed by atoms with van der Waals surface area (Å²) in [4.78, 5) is 14.6. The Morgan fingerprint density at radius 1 is 0.839 bits per heavy atom. The van der Waals surface area contributed by atoms with Gasteiger partial charge < -0.3 is 17.2 Å². The van der Waals surface area contributed by atoms with Crippen LogP contribution in [0.4, 0.5) is 5.82 Å². The number of nitrogen functional groups attached to an aromatic ring is 1. The number of primary amides is 1. The van der Waals surface area contributed by atoms with Crippen LogP contribution in [0.5, 0.6) is 0 Å². The van der Waals surface area contributed by atoms with Gasteiger partial charge in [-0.15, -0.1) is 0 Å². The standard InChI is InChI=1S/C10H10N2.C8H9NO.C8H11N/c1-7-2-3-8-4-5-12-10(11)9(8)6-7;1-6-3-2-4-7(5-6)8(9)10;1-7-3-2-4-8(5-7)6-9/h2-6H,1H3,(H2,11,12);2-5H,1H3,(H2,9,10);2-5H,6,9H2,1H3. The molecule has 1 heterocycles. The van der Waals surface area contributed by atoms with E-state index in [1.54, 1.807) is 18.3 Å². The summed E-state index contributed by atoms with van der Waals surface area (Å²) in [5, 5.41) is 2.19. The van der Waals surface area contributed by atoms with Gasteiger partial charge in [0.15, 0.2) is 0 Å². The number of aryl methyl sites for hydroxylation is 3. The van der Waals surface area contributed by atoms with Crippen LogP contribution in [0.2, 0.25) is 0 Å². The SMILES string of the molecule is Cc1ccc2ccnc(N)c2c1.Cc1cccc(C(N)=O)c1.Cc1cccc(CN)c1. The maximum absolute atomic E-state index is 10.6. The average molecular weight is 415 g/mol. The number of aromatic nitrogens is 1. The number of rotatable bonds is 2. The summed E-state index contributed by atoms with van der Waals surface area (Å²) in [5.41, 5.74) is 21.5. The molecule has 0 aliphatic carbocycles. The molecular formula is C26H30N4O. The molecule has 0 aliphatic heterocycles. The minimum absolute atomic E-state index is 0.372. The minimum atomic E-state index is -0.372. The third-order valence-corrected chi connectivity index (χ3v) is 4.57. The van der Waals surface area contributed by atoms with Crippen molar-refractivity contribution < 1.29 is 4.79 Å². The molecule has 3 aromatic carbocycles. The zero-order chi connectivity index (χ0) is 22.8. The van der Waals surface area contributed by atoms with Gasteiger partial charge in [-0.1, -0.05) is 65.2 Å². The first-order valence-electron chi connectivity index (χ1n) is 10.0. The van der Waals surface area contributed by atoms with Crippen LogP contribution in [0, 0.1) is 20.8 Å². The Morgan fingerprint density at radius 2 is 1.48 bits per heavy atom. The predicted molar refractivity (Wildman–Crippen MR) is 130 cm³/mol. The molecule has 31 heavy (non-hydrogen) atoms. The Morgan fingerprint density at radius 3 is 2.03 bits per heavy atom. The molecule has 5 heteroatoms. The van der Waals surface area contributed by atoms with Crippen molar-refractivity contribution in [1.82, 2.24) is 4.98 Å². The quantitative estimate of drug-likeness (QED) is 0.443. The zero-order valence-corrected chi connectivity index (χ0v) is 18.3. The van der Waals surface area contributed by atoms with Crippen molar-refractivity contribution in [2.75, 3.05) is 5.73 Å². The molecule has 0 saturated heterocycles. The maximum atomic E-state index is 10.6. The number of amides is 1. The van der Waals surface area contributed by atoms with Crippen molar-refractivity contribution in [3.63, 3.8) is 0 Å². The fourth-order valence-corrected chi connectivity index (χ4v) is 2.94. The molecule has 160 valence electrons. The number of benzene rings is 3. The summed E-state index contributed by atoms with van der Waals surface area (Å²) < 4.78 is 0. The van der Waals surface area contributed by atoms with Crippen LogP contribution in [-0.4, -0.2) is 10.9 Å². The summed E-state index contributed by atoms with van der Waals surface area (Å²) in [7, 11) is 0. The Bertz CT molecular complexity index is 1150. The lowest BCUT2D eigenvalue weighted by molar-refractivity contribution is 0.1000. The normalized spacial score (nSPS) is 9.81. The number of anilines is 1. The van der Waals surface area contributed by atoms with Gasteiger partial charge in [0.05, 0.1) is 0 Å². The van der Waals surface area contributed by atoms with E-state index in [1.807, 2.05) is 44.2 Å². The zero-order valence-electron chi connectivity index (χ0n) is 18.3. The molecule has 4 aromatic rings. The third kappa shape index (κ3) is 7.57. The van der Waals surface area contributed by atoms with Gasteiger partial charge in [0.1, 0.15) is 5.82 Å². The van der Waals surface area contributed by atoms with Crippen LogP contribution in [-0.2, 0) is 6.54 Å². The van der Waals surface area contributed by atoms with Gasteiger partial charge in [-0.3, -0.25) is 4.79 Å².